The monoisotopic (exact) mass is 463 g/mol. The summed E-state index contributed by atoms with van der Waals surface area (Å²) in [6.45, 7) is 3.07. The number of carbonyl (C=O) groups excluding carboxylic acids is 1. The molecule has 1 saturated heterocycles. The molecule has 0 atom stereocenters. The predicted molar refractivity (Wildman–Crippen MR) is 116 cm³/mol. The molecule has 32 heavy (non-hydrogen) atoms. The molecule has 1 amide bonds. The van der Waals surface area contributed by atoms with Gasteiger partial charge in [-0.05, 0) is 50.7 Å². The van der Waals surface area contributed by atoms with Gasteiger partial charge in [0.15, 0.2) is 0 Å². The topological polar surface area (TPSA) is 71.9 Å². The van der Waals surface area contributed by atoms with E-state index in [2.05, 4.69) is 20.2 Å². The van der Waals surface area contributed by atoms with E-state index in [-0.39, 0.29) is 24.7 Å². The zero-order chi connectivity index (χ0) is 22.7. The van der Waals surface area contributed by atoms with E-state index in [1.807, 2.05) is 19.1 Å². The fourth-order valence-corrected chi connectivity index (χ4v) is 4.71. The Kier molecular flexibility index (Phi) is 6.68. The Bertz CT molecular complexity index is 1090. The quantitative estimate of drug-likeness (QED) is 0.516. The zero-order valence-electron chi connectivity index (χ0n) is 17.7. The minimum absolute atomic E-state index is 0.00514. The van der Waals surface area contributed by atoms with E-state index in [9.17, 15) is 18.0 Å². The van der Waals surface area contributed by atoms with Gasteiger partial charge in [0.25, 0.3) is 0 Å². The van der Waals surface area contributed by atoms with Gasteiger partial charge in [-0.15, -0.1) is 10.2 Å². The van der Waals surface area contributed by atoms with Crippen molar-refractivity contribution in [3.63, 3.8) is 0 Å². The molecule has 170 valence electrons. The fourth-order valence-electron chi connectivity index (χ4n) is 4.03. The van der Waals surface area contributed by atoms with Crippen molar-refractivity contribution >= 4 is 28.1 Å². The van der Waals surface area contributed by atoms with Crippen LogP contribution >= 0.6 is 11.3 Å². The Morgan fingerprint density at radius 2 is 1.94 bits per heavy atom. The third-order valence-electron chi connectivity index (χ3n) is 5.77. The first-order valence-electron chi connectivity index (χ1n) is 10.7. The Hall–Kier alpha value is -2.62. The third-order valence-corrected chi connectivity index (χ3v) is 6.66. The molecule has 0 radical (unpaired) electrons. The number of aromatic nitrogens is 4. The van der Waals surface area contributed by atoms with Crippen LogP contribution in [0.1, 0.15) is 42.8 Å². The first-order chi connectivity index (χ1) is 15.3. The molecule has 0 saturated carbocycles. The molecule has 1 fully saturated rings. The number of alkyl halides is 3. The van der Waals surface area contributed by atoms with Crippen LogP contribution in [0.25, 0.3) is 21.5 Å². The zero-order valence-corrected chi connectivity index (χ0v) is 18.5. The molecule has 0 N–H and O–H groups in total. The summed E-state index contributed by atoms with van der Waals surface area (Å²) in [5.41, 5.74) is 2.28. The largest absolute Gasteiger partial charge is 0.389 e. The summed E-state index contributed by atoms with van der Waals surface area (Å²) in [5.74, 6) is 0.253. The van der Waals surface area contributed by atoms with Crippen molar-refractivity contribution in [2.75, 3.05) is 13.1 Å². The number of pyridine rings is 2. The number of fused-ring (bicyclic) bond motifs is 1. The van der Waals surface area contributed by atoms with Crippen LogP contribution in [0.4, 0.5) is 13.2 Å². The molecule has 3 aromatic rings. The van der Waals surface area contributed by atoms with Crippen molar-refractivity contribution in [1.29, 1.82) is 0 Å². The van der Waals surface area contributed by atoms with Crippen molar-refractivity contribution in [2.45, 2.75) is 51.6 Å². The van der Waals surface area contributed by atoms with Gasteiger partial charge in [-0.25, -0.2) is 0 Å². The van der Waals surface area contributed by atoms with E-state index < -0.39 is 12.6 Å². The van der Waals surface area contributed by atoms with Crippen molar-refractivity contribution in [3.05, 3.63) is 35.2 Å². The average Bonchev–Trinajstić information content (AvgIpc) is 3.19. The smallest absolute Gasteiger partial charge is 0.342 e. The van der Waals surface area contributed by atoms with Gasteiger partial charge in [0.2, 0.25) is 5.91 Å². The number of nitrogens with zero attached hydrogens (tertiary/aromatic N) is 5. The van der Waals surface area contributed by atoms with Crippen molar-refractivity contribution in [3.8, 4) is 10.6 Å². The van der Waals surface area contributed by atoms with Crippen LogP contribution in [0.3, 0.4) is 0 Å². The van der Waals surface area contributed by atoms with Gasteiger partial charge in [0.1, 0.15) is 10.0 Å². The lowest BCUT2D eigenvalue weighted by atomic mass is 9.91. The number of hydrogen-bond acceptors (Lipinski definition) is 6. The van der Waals surface area contributed by atoms with Gasteiger partial charge in [-0.1, -0.05) is 11.3 Å². The second kappa shape index (κ2) is 9.48. The van der Waals surface area contributed by atoms with Crippen LogP contribution in [0, 0.1) is 12.8 Å². The molecular weight excluding hydrogens is 439 g/mol. The summed E-state index contributed by atoms with van der Waals surface area (Å²) >= 11 is 1.49. The lowest BCUT2D eigenvalue weighted by Gasteiger charge is -2.32. The molecule has 4 rings (SSSR count). The lowest BCUT2D eigenvalue weighted by molar-refractivity contribution is -0.136. The average molecular weight is 464 g/mol. The highest BCUT2D eigenvalue weighted by molar-refractivity contribution is 7.14. The lowest BCUT2D eigenvalue weighted by Crippen LogP contribution is -2.39. The summed E-state index contributed by atoms with van der Waals surface area (Å²) < 4.78 is 37.0. The Morgan fingerprint density at radius 1 is 1.16 bits per heavy atom. The number of piperidine rings is 1. The number of aryl methyl sites for hydroxylation is 1. The Labute approximate surface area is 187 Å². The highest BCUT2D eigenvalue weighted by atomic mass is 32.1. The molecule has 0 bridgehead atoms. The van der Waals surface area contributed by atoms with E-state index in [0.717, 1.165) is 39.3 Å². The summed E-state index contributed by atoms with van der Waals surface area (Å²) in [7, 11) is 0. The number of likely N-dealkylation sites (tertiary alicyclic amines) is 1. The van der Waals surface area contributed by atoms with E-state index >= 15 is 0 Å². The number of amides is 1. The number of hydrogen-bond donors (Lipinski definition) is 0. The van der Waals surface area contributed by atoms with Crippen LogP contribution < -0.4 is 0 Å². The van der Waals surface area contributed by atoms with Crippen molar-refractivity contribution < 1.29 is 18.0 Å². The van der Waals surface area contributed by atoms with E-state index in [0.29, 0.717) is 25.2 Å². The molecule has 0 aliphatic carbocycles. The third kappa shape index (κ3) is 5.79. The standard InChI is InChI=1S/C22H24F3N5OS/c1-14-28-29-21(32-14)17-9-16-10-18(26-13-19(16)27-12-17)11-20(31)30-7-4-15(5-8-30)3-2-6-22(23,24)25/h9-10,12-13,15H,2-8,11H2,1H3. The van der Waals surface area contributed by atoms with E-state index in [1.54, 1.807) is 17.3 Å². The second-order valence-electron chi connectivity index (χ2n) is 8.23. The maximum absolute atomic E-state index is 12.8. The minimum Gasteiger partial charge on any atom is -0.342 e. The molecule has 0 unspecified atom stereocenters. The van der Waals surface area contributed by atoms with E-state index in [1.165, 1.54) is 11.3 Å². The number of rotatable bonds is 6. The highest BCUT2D eigenvalue weighted by Crippen LogP contribution is 2.28. The predicted octanol–water partition coefficient (Wildman–Crippen LogP) is 4.97. The Balaban J connectivity index is 1.34. The van der Waals surface area contributed by atoms with Gasteiger partial charge < -0.3 is 4.90 Å². The van der Waals surface area contributed by atoms with Crippen LogP contribution in [0.15, 0.2) is 24.5 Å². The molecule has 10 heteroatoms. The molecular formula is C22H24F3N5OS. The number of halogens is 3. The second-order valence-corrected chi connectivity index (χ2v) is 9.41. The van der Waals surface area contributed by atoms with Crippen molar-refractivity contribution in [1.82, 2.24) is 25.1 Å². The minimum atomic E-state index is -4.09. The van der Waals surface area contributed by atoms with Gasteiger partial charge in [0.05, 0.1) is 23.8 Å². The molecule has 4 heterocycles. The van der Waals surface area contributed by atoms with Gasteiger partial charge in [-0.3, -0.25) is 14.8 Å². The molecule has 0 spiro atoms. The van der Waals surface area contributed by atoms with Crippen LogP contribution in [-0.4, -0.2) is 50.2 Å². The molecule has 6 nitrogen and oxygen atoms in total. The normalized spacial score (nSPS) is 15.4. The summed E-state index contributed by atoms with van der Waals surface area (Å²) in [4.78, 5) is 23.4. The maximum Gasteiger partial charge on any atom is 0.389 e. The van der Waals surface area contributed by atoms with Gasteiger partial charge >= 0.3 is 6.18 Å². The van der Waals surface area contributed by atoms with Gasteiger partial charge in [-0.2, -0.15) is 13.2 Å². The van der Waals surface area contributed by atoms with Crippen LogP contribution in [0.5, 0.6) is 0 Å². The highest BCUT2D eigenvalue weighted by Gasteiger charge is 2.28. The maximum atomic E-state index is 12.8. The molecule has 1 aliphatic heterocycles. The Morgan fingerprint density at radius 3 is 2.62 bits per heavy atom. The molecule has 1 aliphatic rings. The summed E-state index contributed by atoms with van der Waals surface area (Å²) in [6, 6.07) is 3.85. The molecule has 0 aromatic carbocycles. The van der Waals surface area contributed by atoms with Crippen LogP contribution in [-0.2, 0) is 11.2 Å². The SMILES string of the molecule is Cc1nnc(-c2cnc3cnc(CC(=O)N4CCC(CCCC(F)(F)F)CC4)cc3c2)s1. The van der Waals surface area contributed by atoms with Gasteiger partial charge in [0, 0.05) is 36.7 Å². The summed E-state index contributed by atoms with van der Waals surface area (Å²) in [6.07, 6.45) is 1.02. The fraction of sp³-hybridized carbons (Fsp3) is 0.500. The summed E-state index contributed by atoms with van der Waals surface area (Å²) in [5, 5.41) is 10.8. The first-order valence-corrected chi connectivity index (χ1v) is 11.5. The molecule has 3 aromatic heterocycles. The van der Waals surface area contributed by atoms with Crippen molar-refractivity contribution in [2.24, 2.45) is 5.92 Å². The number of carbonyl (C=O) groups is 1. The van der Waals surface area contributed by atoms with E-state index in [4.69, 9.17) is 0 Å². The first kappa shape index (κ1) is 22.6. The van der Waals surface area contributed by atoms with Crippen LogP contribution in [0.2, 0.25) is 0 Å².